The van der Waals surface area contributed by atoms with Crippen molar-refractivity contribution in [3.63, 3.8) is 0 Å². The van der Waals surface area contributed by atoms with Gasteiger partial charge in [-0.1, -0.05) is 32.9 Å². The van der Waals surface area contributed by atoms with Crippen LogP contribution >= 0.6 is 11.8 Å². The summed E-state index contributed by atoms with van der Waals surface area (Å²) in [6.45, 7) is 7.77. The average Bonchev–Trinajstić information content (AvgIpc) is 2.24. The summed E-state index contributed by atoms with van der Waals surface area (Å²) in [6.07, 6.45) is 2.62. The zero-order chi connectivity index (χ0) is 12.3. The molecule has 0 bridgehead atoms. The van der Waals surface area contributed by atoms with Gasteiger partial charge in [0.2, 0.25) is 0 Å². The van der Waals surface area contributed by atoms with Gasteiger partial charge in [-0.3, -0.25) is 0 Å². The third kappa shape index (κ3) is 3.49. The summed E-state index contributed by atoms with van der Waals surface area (Å²) in [5.74, 6) is 0.789. The minimum Gasteiger partial charge on any atom is -0.314 e. The van der Waals surface area contributed by atoms with E-state index < -0.39 is 0 Å². The molecule has 0 heterocycles. The summed E-state index contributed by atoms with van der Waals surface area (Å²) in [7, 11) is 0. The minimum atomic E-state index is 0.669. The molecular weight excluding hydrogens is 226 g/mol. The van der Waals surface area contributed by atoms with Gasteiger partial charge in [0, 0.05) is 16.2 Å². The van der Waals surface area contributed by atoms with Crippen LogP contribution < -0.4 is 5.32 Å². The second kappa shape index (κ2) is 5.92. The molecule has 0 saturated heterocycles. The lowest BCUT2D eigenvalue weighted by Gasteiger charge is -2.36. The van der Waals surface area contributed by atoms with Crippen LogP contribution in [0, 0.1) is 0 Å². The Kier molecular flexibility index (Phi) is 4.52. The van der Waals surface area contributed by atoms with E-state index in [0.717, 1.165) is 18.5 Å². The largest absolute Gasteiger partial charge is 0.314 e. The lowest BCUT2D eigenvalue weighted by molar-refractivity contribution is 0.296. The molecule has 0 atom stereocenters. The first-order chi connectivity index (χ1) is 8.19. The second-order valence-corrected chi connectivity index (χ2v) is 6.81. The molecule has 17 heavy (non-hydrogen) atoms. The van der Waals surface area contributed by atoms with Gasteiger partial charge in [0.1, 0.15) is 0 Å². The van der Waals surface area contributed by atoms with Crippen molar-refractivity contribution in [1.29, 1.82) is 0 Å². The monoisotopic (exact) mass is 249 g/mol. The highest BCUT2D eigenvalue weighted by atomic mass is 32.2. The zero-order valence-electron chi connectivity index (χ0n) is 11.1. The fourth-order valence-electron chi connectivity index (χ4n) is 2.44. The van der Waals surface area contributed by atoms with Crippen LogP contribution in [0.2, 0.25) is 0 Å². The number of rotatable bonds is 5. The Balaban J connectivity index is 1.87. The molecule has 1 aliphatic carbocycles. The molecule has 1 aromatic carbocycles. The third-order valence-corrected chi connectivity index (χ3v) is 4.37. The summed E-state index contributed by atoms with van der Waals surface area (Å²) >= 11 is 1.94. The van der Waals surface area contributed by atoms with Gasteiger partial charge in [-0.15, -0.1) is 11.8 Å². The van der Waals surface area contributed by atoms with E-state index in [1.54, 1.807) is 0 Å². The number of benzene rings is 1. The van der Waals surface area contributed by atoms with Crippen molar-refractivity contribution in [3.8, 4) is 0 Å². The molecule has 1 N–H and O–H groups in total. The van der Waals surface area contributed by atoms with Gasteiger partial charge in [0.25, 0.3) is 0 Å². The van der Waals surface area contributed by atoms with Crippen LogP contribution in [0.15, 0.2) is 29.2 Å². The Labute approximate surface area is 109 Å². The van der Waals surface area contributed by atoms with Crippen LogP contribution in [0.3, 0.4) is 0 Å². The minimum absolute atomic E-state index is 0.669. The van der Waals surface area contributed by atoms with Crippen LogP contribution in [0.5, 0.6) is 0 Å². The van der Waals surface area contributed by atoms with E-state index in [2.05, 4.69) is 50.4 Å². The van der Waals surface area contributed by atoms with E-state index in [1.807, 2.05) is 11.8 Å². The predicted octanol–water partition coefficient (Wildman–Crippen LogP) is 4.04. The maximum atomic E-state index is 3.52. The van der Waals surface area contributed by atoms with Gasteiger partial charge in [-0.2, -0.15) is 0 Å². The highest BCUT2D eigenvalue weighted by molar-refractivity contribution is 7.99. The Morgan fingerprint density at radius 1 is 1.24 bits per heavy atom. The fraction of sp³-hybridized carbons (Fsp3) is 0.600. The lowest BCUT2D eigenvalue weighted by atomic mass is 9.76. The number of thioether (sulfide) groups is 1. The number of hydrogen-bond acceptors (Lipinski definition) is 2. The Morgan fingerprint density at radius 2 is 1.88 bits per heavy atom. The van der Waals surface area contributed by atoms with Crippen LogP contribution in [0.1, 0.15) is 45.1 Å². The molecule has 0 aromatic heterocycles. The number of nitrogens with one attached hydrogen (secondary N) is 1. The van der Waals surface area contributed by atoms with Gasteiger partial charge in [0.05, 0.1) is 0 Å². The van der Waals surface area contributed by atoms with E-state index in [9.17, 15) is 0 Å². The van der Waals surface area contributed by atoms with Crippen molar-refractivity contribution in [1.82, 2.24) is 5.32 Å². The average molecular weight is 249 g/mol. The molecule has 2 heteroatoms. The van der Waals surface area contributed by atoms with E-state index in [4.69, 9.17) is 0 Å². The standard InChI is InChI=1S/C15H23NS/c1-4-16-14-9-13(10-14)12-5-7-15(8-6-12)17-11(2)3/h5-8,11,13-14,16H,4,9-10H2,1-3H3. The van der Waals surface area contributed by atoms with Crippen molar-refractivity contribution in [2.75, 3.05) is 6.54 Å². The molecular formula is C15H23NS. The molecule has 0 unspecified atom stereocenters. The van der Waals surface area contributed by atoms with Crippen LogP contribution in [0.25, 0.3) is 0 Å². The maximum Gasteiger partial charge on any atom is 0.00786 e. The van der Waals surface area contributed by atoms with Gasteiger partial charge < -0.3 is 5.32 Å². The smallest absolute Gasteiger partial charge is 0.00786 e. The predicted molar refractivity (Wildman–Crippen MR) is 76.9 cm³/mol. The Hall–Kier alpha value is -0.470. The second-order valence-electron chi connectivity index (χ2n) is 5.16. The molecule has 1 aliphatic rings. The van der Waals surface area contributed by atoms with Crippen molar-refractivity contribution < 1.29 is 0 Å². The summed E-state index contributed by atoms with van der Waals surface area (Å²) < 4.78 is 0. The molecule has 0 radical (unpaired) electrons. The molecule has 1 fully saturated rings. The summed E-state index contributed by atoms with van der Waals surface area (Å²) in [5, 5.41) is 4.18. The summed E-state index contributed by atoms with van der Waals surface area (Å²) in [5.41, 5.74) is 1.52. The van der Waals surface area contributed by atoms with Gasteiger partial charge in [0.15, 0.2) is 0 Å². The highest BCUT2D eigenvalue weighted by Gasteiger charge is 2.29. The first kappa shape index (κ1) is 13.0. The van der Waals surface area contributed by atoms with E-state index in [0.29, 0.717) is 5.25 Å². The van der Waals surface area contributed by atoms with E-state index >= 15 is 0 Å². The first-order valence-electron chi connectivity index (χ1n) is 6.69. The van der Waals surface area contributed by atoms with Crippen LogP contribution in [-0.4, -0.2) is 17.8 Å². The molecule has 94 valence electrons. The molecule has 0 aliphatic heterocycles. The highest BCUT2D eigenvalue weighted by Crippen LogP contribution is 2.37. The molecule has 1 saturated carbocycles. The molecule has 1 nitrogen and oxygen atoms in total. The van der Waals surface area contributed by atoms with Crippen molar-refractivity contribution in [2.45, 2.75) is 55.7 Å². The topological polar surface area (TPSA) is 12.0 Å². The summed E-state index contributed by atoms with van der Waals surface area (Å²) in [6, 6.07) is 9.95. The normalized spacial score (nSPS) is 23.8. The Morgan fingerprint density at radius 3 is 2.41 bits per heavy atom. The molecule has 2 rings (SSSR count). The van der Waals surface area contributed by atoms with Gasteiger partial charge in [-0.25, -0.2) is 0 Å². The fourth-order valence-corrected chi connectivity index (χ4v) is 3.27. The molecule has 0 amide bonds. The van der Waals surface area contributed by atoms with Crippen molar-refractivity contribution >= 4 is 11.8 Å². The SMILES string of the molecule is CCNC1CC(c2ccc(SC(C)C)cc2)C1. The third-order valence-electron chi connectivity index (χ3n) is 3.35. The number of hydrogen-bond donors (Lipinski definition) is 1. The maximum absolute atomic E-state index is 3.52. The Bertz CT molecular complexity index is 338. The van der Waals surface area contributed by atoms with Crippen molar-refractivity contribution in [2.24, 2.45) is 0 Å². The van der Waals surface area contributed by atoms with E-state index in [-0.39, 0.29) is 0 Å². The van der Waals surface area contributed by atoms with E-state index in [1.165, 1.54) is 23.3 Å². The lowest BCUT2D eigenvalue weighted by Crippen LogP contribution is -2.39. The van der Waals surface area contributed by atoms with Gasteiger partial charge >= 0.3 is 0 Å². The molecule has 0 spiro atoms. The molecule has 1 aromatic rings. The summed E-state index contributed by atoms with van der Waals surface area (Å²) in [4.78, 5) is 1.39. The zero-order valence-corrected chi connectivity index (χ0v) is 11.9. The van der Waals surface area contributed by atoms with Crippen LogP contribution in [-0.2, 0) is 0 Å². The van der Waals surface area contributed by atoms with Gasteiger partial charge in [-0.05, 0) is 43.0 Å². The van der Waals surface area contributed by atoms with Crippen molar-refractivity contribution in [3.05, 3.63) is 29.8 Å². The first-order valence-corrected chi connectivity index (χ1v) is 7.57. The van der Waals surface area contributed by atoms with Crippen LogP contribution in [0.4, 0.5) is 0 Å². The quantitative estimate of drug-likeness (QED) is 0.790.